The summed E-state index contributed by atoms with van der Waals surface area (Å²) in [4.78, 5) is 20.2. The molecule has 1 aliphatic heterocycles. The summed E-state index contributed by atoms with van der Waals surface area (Å²) in [5, 5.41) is 0.698. The first kappa shape index (κ1) is 22.6. The van der Waals surface area contributed by atoms with Gasteiger partial charge in [-0.15, -0.1) is 0 Å². The summed E-state index contributed by atoms with van der Waals surface area (Å²) in [5.74, 6) is 0.781. The van der Waals surface area contributed by atoms with Crippen molar-refractivity contribution >= 4 is 32.6 Å². The van der Waals surface area contributed by atoms with Gasteiger partial charge in [0.1, 0.15) is 11.3 Å². The van der Waals surface area contributed by atoms with Crippen LogP contribution in [0.3, 0.4) is 0 Å². The number of benzene rings is 3. The molecule has 0 radical (unpaired) electrons. The van der Waals surface area contributed by atoms with Gasteiger partial charge in [0.2, 0.25) is 5.91 Å². The highest BCUT2D eigenvalue weighted by Crippen LogP contribution is 2.35. The summed E-state index contributed by atoms with van der Waals surface area (Å²) in [6.07, 6.45) is 2.35. The smallest absolute Gasteiger partial charge is 0.233 e. The first-order valence-corrected chi connectivity index (χ1v) is 12.6. The molecule has 1 amide bonds. The van der Waals surface area contributed by atoms with Gasteiger partial charge < -0.3 is 9.47 Å². The van der Waals surface area contributed by atoms with Crippen molar-refractivity contribution in [3.63, 3.8) is 0 Å². The zero-order valence-corrected chi connectivity index (χ0v) is 20.1. The van der Waals surface area contributed by atoms with Crippen molar-refractivity contribution in [2.45, 2.75) is 32.3 Å². The van der Waals surface area contributed by atoms with Crippen LogP contribution in [0.4, 0.5) is 5.13 Å². The predicted octanol–water partition coefficient (Wildman–Crippen LogP) is 6.12. The Morgan fingerprint density at radius 2 is 1.85 bits per heavy atom. The minimum Gasteiger partial charge on any atom is -0.492 e. The molecule has 0 spiro atoms. The molecule has 5 nitrogen and oxygen atoms in total. The molecular formula is C28H28N2O3S. The second-order valence-corrected chi connectivity index (χ2v) is 9.42. The molecule has 0 N–H and O–H groups in total. The van der Waals surface area contributed by atoms with Crippen LogP contribution in [0.25, 0.3) is 21.3 Å². The summed E-state index contributed by atoms with van der Waals surface area (Å²) in [6.45, 7) is 3.80. The molecule has 5 rings (SSSR count). The van der Waals surface area contributed by atoms with Gasteiger partial charge >= 0.3 is 0 Å². The van der Waals surface area contributed by atoms with Gasteiger partial charge in [-0.2, -0.15) is 0 Å². The number of thiazole rings is 1. The normalized spacial score (nSPS) is 15.5. The van der Waals surface area contributed by atoms with Crippen LogP contribution >= 0.6 is 11.3 Å². The lowest BCUT2D eigenvalue weighted by Crippen LogP contribution is -2.38. The van der Waals surface area contributed by atoms with E-state index in [1.54, 1.807) is 0 Å². The number of para-hydroxylation sites is 1. The number of nitrogens with zero attached hydrogens (tertiary/aromatic N) is 2. The monoisotopic (exact) mass is 472 g/mol. The van der Waals surface area contributed by atoms with Crippen LogP contribution in [-0.4, -0.2) is 36.8 Å². The fourth-order valence-electron chi connectivity index (χ4n) is 4.29. The fraction of sp³-hybridized carbons (Fsp3) is 0.286. The van der Waals surface area contributed by atoms with Crippen molar-refractivity contribution in [1.29, 1.82) is 0 Å². The van der Waals surface area contributed by atoms with Crippen LogP contribution in [0.1, 0.15) is 25.3 Å². The number of carbonyl (C=O) groups is 1. The molecule has 174 valence electrons. The molecule has 0 aliphatic carbocycles. The number of aromatic nitrogens is 1. The lowest BCUT2D eigenvalue weighted by Gasteiger charge is -2.23. The van der Waals surface area contributed by atoms with Gasteiger partial charge in [-0.25, -0.2) is 4.98 Å². The van der Waals surface area contributed by atoms with Crippen molar-refractivity contribution in [1.82, 2.24) is 4.98 Å². The van der Waals surface area contributed by atoms with Crippen LogP contribution in [0.15, 0.2) is 72.8 Å². The molecule has 2 heterocycles. The Bertz CT molecular complexity index is 1250. The molecule has 4 aromatic rings. The van der Waals surface area contributed by atoms with Crippen LogP contribution in [-0.2, 0) is 16.0 Å². The zero-order valence-electron chi connectivity index (χ0n) is 19.3. The highest BCUT2D eigenvalue weighted by molar-refractivity contribution is 7.22. The Morgan fingerprint density at radius 1 is 1.06 bits per heavy atom. The van der Waals surface area contributed by atoms with Crippen LogP contribution in [0.2, 0.25) is 0 Å². The summed E-state index contributed by atoms with van der Waals surface area (Å²) in [5.41, 5.74) is 4.10. The van der Waals surface area contributed by atoms with E-state index in [9.17, 15) is 4.79 Å². The van der Waals surface area contributed by atoms with Crippen LogP contribution in [0.5, 0.6) is 5.75 Å². The number of ether oxygens (including phenoxy) is 2. The van der Waals surface area contributed by atoms with E-state index in [1.165, 1.54) is 16.9 Å². The Hall–Kier alpha value is -3.22. The van der Waals surface area contributed by atoms with Crippen molar-refractivity contribution in [2.24, 2.45) is 0 Å². The average molecular weight is 473 g/mol. The topological polar surface area (TPSA) is 51.7 Å². The lowest BCUT2D eigenvalue weighted by molar-refractivity contribution is -0.118. The highest BCUT2D eigenvalue weighted by Gasteiger charge is 2.26. The van der Waals surface area contributed by atoms with Crippen molar-refractivity contribution in [3.8, 4) is 16.9 Å². The highest BCUT2D eigenvalue weighted by atomic mass is 32.1. The molecular weight excluding hydrogens is 444 g/mol. The third kappa shape index (κ3) is 4.98. The second-order valence-electron chi connectivity index (χ2n) is 8.41. The van der Waals surface area contributed by atoms with E-state index in [-0.39, 0.29) is 12.0 Å². The molecule has 1 saturated heterocycles. The number of fused-ring (bicyclic) bond motifs is 1. The molecule has 0 bridgehead atoms. The molecule has 0 saturated carbocycles. The van der Waals surface area contributed by atoms with Crippen LogP contribution < -0.4 is 9.64 Å². The Balaban J connectivity index is 1.40. The Kier molecular flexibility index (Phi) is 6.88. The number of hydrogen-bond donors (Lipinski definition) is 0. The Morgan fingerprint density at radius 3 is 2.59 bits per heavy atom. The van der Waals surface area contributed by atoms with Gasteiger partial charge in [-0.05, 0) is 48.6 Å². The van der Waals surface area contributed by atoms with Crippen molar-refractivity contribution in [2.75, 3.05) is 24.7 Å². The molecule has 34 heavy (non-hydrogen) atoms. The minimum atomic E-state index is 0.0278. The van der Waals surface area contributed by atoms with E-state index in [0.717, 1.165) is 46.5 Å². The van der Waals surface area contributed by atoms with Gasteiger partial charge in [0.25, 0.3) is 0 Å². The minimum absolute atomic E-state index is 0.0278. The molecule has 1 atom stereocenters. The lowest BCUT2D eigenvalue weighted by atomic mass is 10.0. The van der Waals surface area contributed by atoms with Crippen LogP contribution in [0, 0.1) is 0 Å². The summed E-state index contributed by atoms with van der Waals surface area (Å²) < 4.78 is 12.6. The Labute approximate surface area is 204 Å². The first-order chi connectivity index (χ1) is 16.7. The SMILES string of the molecule is CCOc1cccc2sc(N(CC3CCCO3)C(=O)Cc3ccc(-c4ccccc4)cc3)nc12. The maximum atomic E-state index is 13.5. The average Bonchev–Trinajstić information content (AvgIpc) is 3.54. The van der Waals surface area contributed by atoms with E-state index in [4.69, 9.17) is 14.5 Å². The van der Waals surface area contributed by atoms with Crippen molar-refractivity contribution in [3.05, 3.63) is 78.4 Å². The molecule has 1 unspecified atom stereocenters. The number of rotatable bonds is 8. The molecule has 6 heteroatoms. The summed E-state index contributed by atoms with van der Waals surface area (Å²) in [7, 11) is 0. The van der Waals surface area contributed by atoms with Gasteiger partial charge in [-0.1, -0.05) is 72.0 Å². The van der Waals surface area contributed by atoms with Gasteiger partial charge in [0.15, 0.2) is 5.13 Å². The maximum Gasteiger partial charge on any atom is 0.233 e. The quantitative estimate of drug-likeness (QED) is 0.310. The third-order valence-corrected chi connectivity index (χ3v) is 7.07. The zero-order chi connectivity index (χ0) is 23.3. The standard InChI is InChI=1S/C28H28N2O3S/c1-2-32-24-11-6-12-25-27(24)29-28(34-25)30(19-23-10-7-17-33-23)26(31)18-20-13-15-22(16-14-20)21-8-4-3-5-9-21/h3-6,8-9,11-16,23H,2,7,10,17-19H2,1H3. The second kappa shape index (κ2) is 10.4. The molecule has 1 aromatic heterocycles. The predicted molar refractivity (Wildman–Crippen MR) is 138 cm³/mol. The van der Waals surface area contributed by atoms with E-state index < -0.39 is 0 Å². The van der Waals surface area contributed by atoms with E-state index in [0.29, 0.717) is 24.7 Å². The number of carbonyl (C=O) groups excluding carboxylic acids is 1. The van der Waals surface area contributed by atoms with Gasteiger partial charge in [0.05, 0.1) is 30.4 Å². The number of hydrogen-bond acceptors (Lipinski definition) is 5. The fourth-order valence-corrected chi connectivity index (χ4v) is 5.30. The van der Waals surface area contributed by atoms with Gasteiger partial charge in [-0.3, -0.25) is 9.69 Å². The summed E-state index contributed by atoms with van der Waals surface area (Å²) in [6, 6.07) is 24.4. The third-order valence-electron chi connectivity index (χ3n) is 6.03. The number of anilines is 1. The van der Waals surface area contributed by atoms with E-state index in [1.807, 2.05) is 60.4 Å². The molecule has 3 aromatic carbocycles. The molecule has 1 fully saturated rings. The van der Waals surface area contributed by atoms with E-state index >= 15 is 0 Å². The molecule has 1 aliphatic rings. The largest absolute Gasteiger partial charge is 0.492 e. The summed E-state index contributed by atoms with van der Waals surface area (Å²) >= 11 is 1.53. The first-order valence-electron chi connectivity index (χ1n) is 11.8. The van der Waals surface area contributed by atoms with Crippen molar-refractivity contribution < 1.29 is 14.3 Å². The number of amides is 1. The van der Waals surface area contributed by atoms with E-state index in [2.05, 4.69) is 24.3 Å². The van der Waals surface area contributed by atoms with Gasteiger partial charge in [0, 0.05) is 6.61 Å². The maximum absolute atomic E-state index is 13.5.